The summed E-state index contributed by atoms with van der Waals surface area (Å²) in [5, 5.41) is 7.08. The number of aromatic nitrogens is 6. The van der Waals surface area contributed by atoms with Gasteiger partial charge in [-0.2, -0.15) is 9.97 Å². The summed E-state index contributed by atoms with van der Waals surface area (Å²) in [6, 6.07) is 10.9. The Morgan fingerprint density at radius 2 is 1.88 bits per heavy atom. The third kappa shape index (κ3) is 4.84. The summed E-state index contributed by atoms with van der Waals surface area (Å²) in [5.74, 6) is 2.36. The number of hydrogen-bond donors (Lipinski definition) is 3. The first-order chi connectivity index (χ1) is 16.2. The van der Waals surface area contributed by atoms with Crippen molar-refractivity contribution >= 4 is 22.9 Å². The van der Waals surface area contributed by atoms with Crippen molar-refractivity contribution in [2.45, 2.75) is 64.5 Å². The normalized spacial score (nSPS) is 14.8. The minimum atomic E-state index is 0.279. The number of nitrogens with zero attached hydrogens (tertiary/aromatic N) is 5. The van der Waals surface area contributed by atoms with Gasteiger partial charge in [-0.15, -0.1) is 0 Å². The maximum absolute atomic E-state index is 4.84. The number of rotatable bonds is 8. The highest BCUT2D eigenvalue weighted by Gasteiger charge is 2.18. The van der Waals surface area contributed by atoms with Crippen molar-refractivity contribution < 1.29 is 0 Å². The van der Waals surface area contributed by atoms with Crippen LogP contribution in [-0.2, 0) is 6.42 Å². The second-order valence-electron chi connectivity index (χ2n) is 9.09. The van der Waals surface area contributed by atoms with Gasteiger partial charge in [-0.05, 0) is 26.7 Å². The van der Waals surface area contributed by atoms with E-state index in [0.29, 0.717) is 12.0 Å². The van der Waals surface area contributed by atoms with Gasteiger partial charge in [0.05, 0.1) is 6.33 Å². The summed E-state index contributed by atoms with van der Waals surface area (Å²) in [4.78, 5) is 22.2. The van der Waals surface area contributed by atoms with Gasteiger partial charge in [0.25, 0.3) is 0 Å². The van der Waals surface area contributed by atoms with Crippen LogP contribution in [0, 0.1) is 0 Å². The molecule has 0 saturated heterocycles. The molecule has 3 N–H and O–H groups in total. The van der Waals surface area contributed by atoms with Crippen molar-refractivity contribution in [1.82, 2.24) is 29.5 Å². The Bertz CT molecular complexity index is 1190. The van der Waals surface area contributed by atoms with E-state index in [9.17, 15) is 0 Å². The van der Waals surface area contributed by atoms with Crippen LogP contribution in [0.4, 0.5) is 11.8 Å². The fraction of sp³-hybridized carbons (Fsp3) is 0.440. The van der Waals surface area contributed by atoms with Crippen LogP contribution in [0.25, 0.3) is 22.6 Å². The number of fused-ring (bicyclic) bond motifs is 1. The molecule has 0 aliphatic heterocycles. The van der Waals surface area contributed by atoms with Crippen LogP contribution in [0.1, 0.15) is 57.7 Å². The van der Waals surface area contributed by atoms with Crippen LogP contribution in [0.3, 0.4) is 0 Å². The minimum Gasteiger partial charge on any atom is -0.368 e. The van der Waals surface area contributed by atoms with E-state index in [1.807, 2.05) is 30.7 Å². The third-order valence-electron chi connectivity index (χ3n) is 6.28. The first kappa shape index (κ1) is 21.4. The van der Waals surface area contributed by atoms with Crippen molar-refractivity contribution in [3.05, 3.63) is 48.5 Å². The van der Waals surface area contributed by atoms with Gasteiger partial charge >= 0.3 is 0 Å². The van der Waals surface area contributed by atoms with Crippen molar-refractivity contribution in [2.75, 3.05) is 17.2 Å². The standard InChI is InChI=1S/C25H32N8/c1-17(2)33-16-28-21-23(31-25(32-24(21)33)30-19-11-7-4-8-12-19)26-14-13-20-15-27-22(29-20)18-9-5-3-6-10-18/h3,5-6,9-10,15-17,19H,4,7-8,11-14H2,1-2H3,(H,27,29)(H2,26,30,31,32). The Kier molecular flexibility index (Phi) is 6.24. The maximum Gasteiger partial charge on any atom is 0.227 e. The molecule has 172 valence electrons. The van der Waals surface area contributed by atoms with E-state index in [0.717, 1.165) is 47.0 Å². The smallest absolute Gasteiger partial charge is 0.227 e. The van der Waals surface area contributed by atoms with Crippen LogP contribution in [-0.4, -0.2) is 42.1 Å². The number of anilines is 2. The predicted octanol–water partition coefficient (Wildman–Crippen LogP) is 5.20. The highest BCUT2D eigenvalue weighted by atomic mass is 15.2. The summed E-state index contributed by atoms with van der Waals surface area (Å²) in [5.41, 5.74) is 3.85. The molecule has 0 amide bonds. The summed E-state index contributed by atoms with van der Waals surface area (Å²) < 4.78 is 2.11. The first-order valence-electron chi connectivity index (χ1n) is 12.0. The Hall–Kier alpha value is -3.42. The van der Waals surface area contributed by atoms with Crippen LogP contribution >= 0.6 is 0 Å². The highest BCUT2D eigenvalue weighted by molar-refractivity contribution is 5.84. The number of hydrogen-bond acceptors (Lipinski definition) is 6. The fourth-order valence-corrected chi connectivity index (χ4v) is 4.46. The number of H-pyrrole nitrogens is 1. The van der Waals surface area contributed by atoms with Crippen molar-refractivity contribution in [3.63, 3.8) is 0 Å². The zero-order chi connectivity index (χ0) is 22.6. The number of nitrogens with one attached hydrogen (secondary N) is 3. The molecule has 1 saturated carbocycles. The van der Waals surface area contributed by atoms with Crippen molar-refractivity contribution in [1.29, 1.82) is 0 Å². The molecule has 8 heteroatoms. The summed E-state index contributed by atoms with van der Waals surface area (Å²) in [6.07, 6.45) is 10.8. The molecule has 3 aromatic heterocycles. The van der Waals surface area contributed by atoms with E-state index in [2.05, 4.69) is 56.1 Å². The van der Waals surface area contributed by atoms with Crippen LogP contribution in [0.15, 0.2) is 42.9 Å². The molecule has 1 aliphatic carbocycles. The van der Waals surface area contributed by atoms with E-state index in [-0.39, 0.29) is 6.04 Å². The van der Waals surface area contributed by atoms with Gasteiger partial charge in [0, 0.05) is 42.5 Å². The average Bonchev–Trinajstić information content (AvgIpc) is 3.48. The van der Waals surface area contributed by atoms with Gasteiger partial charge in [0.2, 0.25) is 5.95 Å². The summed E-state index contributed by atoms with van der Waals surface area (Å²) in [6.45, 7) is 5.01. The van der Waals surface area contributed by atoms with Crippen LogP contribution in [0.5, 0.6) is 0 Å². The Morgan fingerprint density at radius 3 is 2.67 bits per heavy atom. The SMILES string of the molecule is CC(C)n1cnc2c(NCCc3cnc(-c4ccccc4)[nH]3)nc(NC3CCCCC3)nc21. The molecule has 8 nitrogen and oxygen atoms in total. The second-order valence-corrected chi connectivity index (χ2v) is 9.09. The topological polar surface area (TPSA) is 96.3 Å². The van der Waals surface area contributed by atoms with Gasteiger partial charge < -0.3 is 20.2 Å². The fourth-order valence-electron chi connectivity index (χ4n) is 4.46. The lowest BCUT2D eigenvalue weighted by Gasteiger charge is -2.23. The van der Waals surface area contributed by atoms with E-state index >= 15 is 0 Å². The van der Waals surface area contributed by atoms with Gasteiger partial charge in [-0.3, -0.25) is 0 Å². The molecule has 1 aliphatic rings. The average molecular weight is 445 g/mol. The molecule has 0 spiro atoms. The van der Waals surface area contributed by atoms with Gasteiger partial charge in [0.1, 0.15) is 5.82 Å². The molecular weight excluding hydrogens is 412 g/mol. The summed E-state index contributed by atoms with van der Waals surface area (Å²) in [7, 11) is 0. The monoisotopic (exact) mass is 444 g/mol. The lowest BCUT2D eigenvalue weighted by molar-refractivity contribution is 0.461. The zero-order valence-electron chi connectivity index (χ0n) is 19.4. The molecular formula is C25H32N8. The number of benzene rings is 1. The molecule has 0 atom stereocenters. The largest absolute Gasteiger partial charge is 0.368 e. The molecule has 33 heavy (non-hydrogen) atoms. The molecule has 1 aromatic carbocycles. The zero-order valence-corrected chi connectivity index (χ0v) is 19.4. The molecule has 3 heterocycles. The first-order valence-corrected chi connectivity index (χ1v) is 12.0. The second kappa shape index (κ2) is 9.60. The van der Waals surface area contributed by atoms with E-state index in [1.165, 1.54) is 32.1 Å². The Labute approximate surface area is 194 Å². The van der Waals surface area contributed by atoms with Crippen molar-refractivity contribution in [3.8, 4) is 11.4 Å². The van der Waals surface area contributed by atoms with Crippen molar-refractivity contribution in [2.24, 2.45) is 0 Å². The molecule has 1 fully saturated rings. The lowest BCUT2D eigenvalue weighted by atomic mass is 9.96. The Morgan fingerprint density at radius 1 is 1.06 bits per heavy atom. The maximum atomic E-state index is 4.84. The summed E-state index contributed by atoms with van der Waals surface area (Å²) >= 11 is 0. The predicted molar refractivity (Wildman–Crippen MR) is 132 cm³/mol. The molecule has 0 bridgehead atoms. The lowest BCUT2D eigenvalue weighted by Crippen LogP contribution is -2.24. The quantitative estimate of drug-likeness (QED) is 0.346. The van der Waals surface area contributed by atoms with Crippen LogP contribution < -0.4 is 10.6 Å². The van der Waals surface area contributed by atoms with Gasteiger partial charge in [-0.25, -0.2) is 9.97 Å². The molecule has 0 unspecified atom stereocenters. The van der Waals surface area contributed by atoms with Gasteiger partial charge in [0.15, 0.2) is 17.0 Å². The number of imidazole rings is 2. The molecule has 4 aromatic rings. The molecule has 0 radical (unpaired) electrons. The van der Waals surface area contributed by atoms with Gasteiger partial charge in [-0.1, -0.05) is 49.6 Å². The molecule has 5 rings (SSSR count). The van der Waals surface area contributed by atoms with E-state index < -0.39 is 0 Å². The number of aromatic amines is 1. The minimum absolute atomic E-state index is 0.279. The Balaban J connectivity index is 1.33. The van der Waals surface area contributed by atoms with Crippen LogP contribution in [0.2, 0.25) is 0 Å². The highest BCUT2D eigenvalue weighted by Crippen LogP contribution is 2.26. The third-order valence-corrected chi connectivity index (χ3v) is 6.28. The van der Waals surface area contributed by atoms with E-state index in [4.69, 9.17) is 9.97 Å². The van der Waals surface area contributed by atoms with E-state index in [1.54, 1.807) is 0 Å².